The molecule has 0 aliphatic carbocycles. The van der Waals surface area contributed by atoms with E-state index in [0.717, 1.165) is 43.7 Å². The Balaban J connectivity index is 0.00000261. The Morgan fingerprint density at radius 2 is 2.11 bits per heavy atom. The summed E-state index contributed by atoms with van der Waals surface area (Å²) >= 11 is 1.80. The predicted molar refractivity (Wildman–Crippen MR) is 123 cm³/mol. The molecule has 0 fully saturated rings. The second-order valence-corrected chi connectivity index (χ2v) is 8.35. The highest BCUT2D eigenvalue weighted by atomic mass is 127. The van der Waals surface area contributed by atoms with Crippen molar-refractivity contribution in [3.05, 3.63) is 34.0 Å². The van der Waals surface area contributed by atoms with E-state index >= 15 is 0 Å². The molecular weight excluding hydrogens is 471 g/mol. The molecule has 0 radical (unpaired) electrons. The number of aliphatic imine (C=N–C) groups is 1. The number of fused-ring (bicyclic) bond motifs is 1. The van der Waals surface area contributed by atoms with Crippen LogP contribution in [0, 0.1) is 0 Å². The molecule has 150 valence electrons. The molecule has 0 saturated carbocycles. The number of aromatic nitrogens is 3. The molecule has 2 N–H and O–H groups in total. The summed E-state index contributed by atoms with van der Waals surface area (Å²) in [7, 11) is 0. The van der Waals surface area contributed by atoms with Crippen LogP contribution in [-0.4, -0.2) is 33.8 Å². The molecule has 0 bridgehead atoms. The highest BCUT2D eigenvalue weighted by molar-refractivity contribution is 14.0. The van der Waals surface area contributed by atoms with Crippen molar-refractivity contribution >= 4 is 41.3 Å². The van der Waals surface area contributed by atoms with Gasteiger partial charge in [0.2, 0.25) is 0 Å². The second-order valence-electron chi connectivity index (χ2n) is 7.40. The summed E-state index contributed by atoms with van der Waals surface area (Å²) in [6, 6.07) is 4.31. The summed E-state index contributed by atoms with van der Waals surface area (Å²) in [5, 5.41) is 17.7. The Morgan fingerprint density at radius 1 is 1.26 bits per heavy atom. The van der Waals surface area contributed by atoms with Crippen LogP contribution < -0.4 is 10.6 Å². The normalized spacial score (nSPS) is 14.9. The predicted octanol–water partition coefficient (Wildman–Crippen LogP) is 3.72. The first-order valence-electron chi connectivity index (χ1n) is 9.57. The molecule has 1 aliphatic rings. The van der Waals surface area contributed by atoms with E-state index < -0.39 is 0 Å². The average Bonchev–Trinajstić information content (AvgIpc) is 3.24. The van der Waals surface area contributed by atoms with Gasteiger partial charge < -0.3 is 15.2 Å². The van der Waals surface area contributed by atoms with Gasteiger partial charge in [-0.3, -0.25) is 0 Å². The van der Waals surface area contributed by atoms with Gasteiger partial charge in [0.05, 0.1) is 0 Å². The number of guanidine groups is 1. The minimum Gasteiger partial charge on any atom is -0.357 e. The smallest absolute Gasteiger partial charge is 0.191 e. The molecule has 3 rings (SSSR count). The molecule has 3 heterocycles. The average molecular weight is 502 g/mol. The third-order valence-corrected chi connectivity index (χ3v) is 6.03. The van der Waals surface area contributed by atoms with Crippen LogP contribution in [0.3, 0.4) is 0 Å². The van der Waals surface area contributed by atoms with E-state index in [0.29, 0.717) is 6.54 Å². The minimum absolute atomic E-state index is 0. The third-order valence-electron chi connectivity index (χ3n) is 4.79. The first kappa shape index (κ1) is 22.1. The maximum atomic E-state index is 4.75. The van der Waals surface area contributed by atoms with Crippen LogP contribution in [-0.2, 0) is 24.9 Å². The second kappa shape index (κ2) is 10.4. The van der Waals surface area contributed by atoms with Gasteiger partial charge in [0.1, 0.15) is 12.4 Å². The van der Waals surface area contributed by atoms with Crippen LogP contribution in [0.5, 0.6) is 0 Å². The standard InChI is InChI=1S/C19H30N6S.HI/c1-4-20-18(22-14-19(2,3)15-9-8-12-26-15)21-13-17-24-23-16-10-6-5-7-11-25(16)17;/h8-9,12H,4-7,10-11,13-14H2,1-3H3,(H2,20,21,22);1H. The maximum Gasteiger partial charge on any atom is 0.191 e. The Morgan fingerprint density at radius 3 is 2.85 bits per heavy atom. The van der Waals surface area contributed by atoms with Gasteiger partial charge in [-0.15, -0.1) is 45.5 Å². The van der Waals surface area contributed by atoms with E-state index in [1.54, 1.807) is 11.3 Å². The topological polar surface area (TPSA) is 67.1 Å². The van der Waals surface area contributed by atoms with Gasteiger partial charge in [-0.05, 0) is 31.2 Å². The van der Waals surface area contributed by atoms with E-state index in [1.165, 1.54) is 24.1 Å². The zero-order valence-electron chi connectivity index (χ0n) is 16.5. The first-order valence-corrected chi connectivity index (χ1v) is 10.5. The number of thiophene rings is 1. The number of aryl methyl sites for hydroxylation is 1. The molecule has 2 aromatic rings. The minimum atomic E-state index is 0. The Hall–Kier alpha value is -1.16. The summed E-state index contributed by atoms with van der Waals surface area (Å²) in [6.07, 6.45) is 4.72. The summed E-state index contributed by atoms with van der Waals surface area (Å²) in [5.41, 5.74) is 0.0658. The fraction of sp³-hybridized carbons (Fsp3) is 0.632. The Bertz CT molecular complexity index is 723. The van der Waals surface area contributed by atoms with E-state index in [-0.39, 0.29) is 29.4 Å². The third kappa shape index (κ3) is 5.91. The monoisotopic (exact) mass is 502 g/mol. The number of rotatable bonds is 6. The number of halogens is 1. The molecule has 0 spiro atoms. The summed E-state index contributed by atoms with van der Waals surface area (Å²) in [4.78, 5) is 6.13. The lowest BCUT2D eigenvalue weighted by atomic mass is 9.91. The van der Waals surface area contributed by atoms with Gasteiger partial charge in [0.25, 0.3) is 0 Å². The van der Waals surface area contributed by atoms with E-state index in [9.17, 15) is 0 Å². The van der Waals surface area contributed by atoms with Crippen molar-refractivity contribution in [2.24, 2.45) is 4.99 Å². The molecule has 1 aliphatic heterocycles. The molecule has 8 heteroatoms. The van der Waals surface area contributed by atoms with Gasteiger partial charge >= 0.3 is 0 Å². The van der Waals surface area contributed by atoms with Crippen molar-refractivity contribution in [3.63, 3.8) is 0 Å². The van der Waals surface area contributed by atoms with Gasteiger partial charge in [-0.25, -0.2) is 4.99 Å². The van der Waals surface area contributed by atoms with Crippen LogP contribution in [0.1, 0.15) is 56.6 Å². The lowest BCUT2D eigenvalue weighted by molar-refractivity contribution is 0.518. The molecule has 0 saturated heterocycles. The number of nitrogens with one attached hydrogen (secondary N) is 2. The van der Waals surface area contributed by atoms with Gasteiger partial charge in [0.15, 0.2) is 11.8 Å². The fourth-order valence-corrected chi connectivity index (χ4v) is 4.06. The molecule has 0 unspecified atom stereocenters. The first-order chi connectivity index (χ1) is 12.6. The molecule has 0 amide bonds. The molecule has 6 nitrogen and oxygen atoms in total. The van der Waals surface area contributed by atoms with Crippen LogP contribution in [0.2, 0.25) is 0 Å². The lowest BCUT2D eigenvalue weighted by Crippen LogP contribution is -2.43. The maximum absolute atomic E-state index is 4.75. The van der Waals surface area contributed by atoms with Crippen molar-refractivity contribution in [1.29, 1.82) is 0 Å². The van der Waals surface area contributed by atoms with Crippen molar-refractivity contribution in [2.45, 2.75) is 65.0 Å². The quantitative estimate of drug-likeness (QED) is 0.359. The summed E-state index contributed by atoms with van der Waals surface area (Å²) in [5.74, 6) is 2.92. The molecule has 0 aromatic carbocycles. The lowest BCUT2D eigenvalue weighted by Gasteiger charge is -2.25. The largest absolute Gasteiger partial charge is 0.357 e. The number of hydrogen-bond acceptors (Lipinski definition) is 4. The van der Waals surface area contributed by atoms with Gasteiger partial charge in [-0.1, -0.05) is 26.3 Å². The number of nitrogens with zero attached hydrogens (tertiary/aromatic N) is 4. The highest BCUT2D eigenvalue weighted by Crippen LogP contribution is 2.26. The fourth-order valence-electron chi connectivity index (χ4n) is 3.21. The van der Waals surface area contributed by atoms with Crippen LogP contribution >= 0.6 is 35.3 Å². The van der Waals surface area contributed by atoms with Gasteiger partial charge in [0, 0.05) is 36.3 Å². The highest BCUT2D eigenvalue weighted by Gasteiger charge is 2.22. The Labute approximate surface area is 183 Å². The summed E-state index contributed by atoms with van der Waals surface area (Å²) < 4.78 is 2.26. The number of hydrogen-bond donors (Lipinski definition) is 2. The van der Waals surface area contributed by atoms with Gasteiger partial charge in [-0.2, -0.15) is 0 Å². The zero-order chi connectivity index (χ0) is 18.4. The van der Waals surface area contributed by atoms with E-state index in [4.69, 9.17) is 4.99 Å². The Kier molecular flexibility index (Phi) is 8.53. The van der Waals surface area contributed by atoms with E-state index in [1.807, 2.05) is 0 Å². The molecule has 2 aromatic heterocycles. The SMILES string of the molecule is CCNC(=NCc1nnc2n1CCCCC2)NCC(C)(C)c1cccs1.I. The summed E-state index contributed by atoms with van der Waals surface area (Å²) in [6.45, 7) is 9.84. The van der Waals surface area contributed by atoms with Crippen molar-refractivity contribution in [1.82, 2.24) is 25.4 Å². The van der Waals surface area contributed by atoms with Crippen LogP contribution in [0.25, 0.3) is 0 Å². The van der Waals surface area contributed by atoms with E-state index in [2.05, 4.69) is 63.7 Å². The molecule has 27 heavy (non-hydrogen) atoms. The van der Waals surface area contributed by atoms with Crippen molar-refractivity contribution < 1.29 is 0 Å². The van der Waals surface area contributed by atoms with Crippen LogP contribution in [0.4, 0.5) is 0 Å². The zero-order valence-corrected chi connectivity index (χ0v) is 19.6. The van der Waals surface area contributed by atoms with Crippen LogP contribution in [0.15, 0.2) is 22.5 Å². The molecule has 0 atom stereocenters. The molecular formula is C19H31IN6S. The van der Waals surface area contributed by atoms with Crippen molar-refractivity contribution in [2.75, 3.05) is 13.1 Å². The van der Waals surface area contributed by atoms with Crippen molar-refractivity contribution in [3.8, 4) is 0 Å².